The fraction of sp³-hybridized carbons (Fsp3) is 0.160. The summed E-state index contributed by atoms with van der Waals surface area (Å²) in [5.41, 5.74) is -0.706. The zero-order chi connectivity index (χ0) is 25.9. The van der Waals surface area contributed by atoms with Gasteiger partial charge in [-0.25, -0.2) is 4.79 Å². The van der Waals surface area contributed by atoms with E-state index in [2.05, 4.69) is 10.6 Å². The topological polar surface area (TPSA) is 140 Å². The lowest BCUT2D eigenvalue weighted by molar-refractivity contribution is -0.384. The van der Waals surface area contributed by atoms with Crippen LogP contribution in [0.15, 0.2) is 72.8 Å². The number of nitro benzene ring substituents is 1. The highest BCUT2D eigenvalue weighted by molar-refractivity contribution is 6.12. The van der Waals surface area contributed by atoms with Gasteiger partial charge in [0.15, 0.2) is 5.54 Å². The number of benzene rings is 3. The zero-order valence-electron chi connectivity index (χ0n) is 19.4. The van der Waals surface area contributed by atoms with E-state index in [1.54, 1.807) is 48.5 Å². The number of imide groups is 1. The van der Waals surface area contributed by atoms with Crippen LogP contribution >= 0.6 is 0 Å². The molecule has 11 nitrogen and oxygen atoms in total. The Morgan fingerprint density at radius 1 is 0.972 bits per heavy atom. The molecular weight excluding hydrogens is 468 g/mol. The Morgan fingerprint density at radius 3 is 2.03 bits per heavy atom. The Hall–Kier alpha value is -4.93. The van der Waals surface area contributed by atoms with Gasteiger partial charge < -0.3 is 20.1 Å². The second-order valence-corrected chi connectivity index (χ2v) is 7.88. The second kappa shape index (κ2) is 9.74. The van der Waals surface area contributed by atoms with Gasteiger partial charge in [0.1, 0.15) is 18.0 Å². The van der Waals surface area contributed by atoms with Crippen LogP contribution in [0.2, 0.25) is 0 Å². The molecule has 36 heavy (non-hydrogen) atoms. The van der Waals surface area contributed by atoms with Crippen molar-refractivity contribution in [2.45, 2.75) is 5.54 Å². The fourth-order valence-electron chi connectivity index (χ4n) is 4.00. The highest BCUT2D eigenvalue weighted by Crippen LogP contribution is 2.37. The monoisotopic (exact) mass is 490 g/mol. The number of hydrogen-bond donors (Lipinski definition) is 2. The predicted octanol–water partition coefficient (Wildman–Crippen LogP) is 3.05. The van der Waals surface area contributed by atoms with Crippen LogP contribution < -0.4 is 20.1 Å². The minimum Gasteiger partial charge on any atom is -0.497 e. The maximum atomic E-state index is 13.8. The van der Waals surface area contributed by atoms with Crippen LogP contribution in [0.4, 0.5) is 16.2 Å². The van der Waals surface area contributed by atoms with E-state index in [9.17, 15) is 24.5 Å². The second-order valence-electron chi connectivity index (χ2n) is 7.88. The summed E-state index contributed by atoms with van der Waals surface area (Å²) < 4.78 is 10.4. The Bertz CT molecular complexity index is 1280. The fourth-order valence-corrected chi connectivity index (χ4v) is 4.00. The minimum atomic E-state index is -1.60. The van der Waals surface area contributed by atoms with E-state index in [4.69, 9.17) is 9.47 Å². The zero-order valence-corrected chi connectivity index (χ0v) is 19.4. The molecule has 0 atom stereocenters. The summed E-state index contributed by atoms with van der Waals surface area (Å²) in [6.07, 6.45) is 0. The predicted molar refractivity (Wildman–Crippen MR) is 129 cm³/mol. The number of rotatable bonds is 8. The van der Waals surface area contributed by atoms with Gasteiger partial charge in [0, 0.05) is 17.8 Å². The molecule has 0 spiro atoms. The molecule has 4 rings (SSSR count). The van der Waals surface area contributed by atoms with Gasteiger partial charge in [-0.1, -0.05) is 30.3 Å². The number of hydrogen-bond acceptors (Lipinski definition) is 7. The number of anilines is 1. The maximum Gasteiger partial charge on any atom is 0.326 e. The van der Waals surface area contributed by atoms with Gasteiger partial charge in [0.05, 0.1) is 19.1 Å². The van der Waals surface area contributed by atoms with Crippen LogP contribution in [-0.4, -0.2) is 48.4 Å². The molecule has 0 aromatic heterocycles. The molecule has 1 aliphatic heterocycles. The summed E-state index contributed by atoms with van der Waals surface area (Å²) >= 11 is 0. The summed E-state index contributed by atoms with van der Waals surface area (Å²) in [5.74, 6) is -0.224. The molecule has 4 amide bonds. The number of nitro groups is 1. The molecular formula is C25H22N4O7. The number of carbonyl (C=O) groups is 3. The number of non-ortho nitro benzene ring substituents is 1. The SMILES string of the molecule is COc1ccc(C2(c3ccc(OC)cc3)NC(=O)N(CC(=O)Nc3cccc([N+](=O)[O-])c3)C2=O)cc1. The van der Waals surface area contributed by atoms with Gasteiger partial charge in [0.2, 0.25) is 5.91 Å². The van der Waals surface area contributed by atoms with E-state index in [-0.39, 0.29) is 11.4 Å². The van der Waals surface area contributed by atoms with E-state index in [1.807, 2.05) is 0 Å². The Labute approximate surface area is 205 Å². The van der Waals surface area contributed by atoms with Gasteiger partial charge >= 0.3 is 6.03 Å². The molecule has 0 aliphatic carbocycles. The Kier molecular flexibility index (Phi) is 6.55. The molecule has 0 saturated carbocycles. The third kappa shape index (κ3) is 4.41. The number of ether oxygens (including phenoxy) is 2. The van der Waals surface area contributed by atoms with E-state index in [0.717, 1.165) is 4.90 Å². The molecule has 3 aromatic rings. The van der Waals surface area contributed by atoms with Gasteiger partial charge in [0.25, 0.3) is 11.6 Å². The highest BCUT2D eigenvalue weighted by atomic mass is 16.6. The summed E-state index contributed by atoms with van der Waals surface area (Å²) in [4.78, 5) is 50.7. The van der Waals surface area contributed by atoms with Gasteiger partial charge in [-0.3, -0.25) is 24.6 Å². The third-order valence-corrected chi connectivity index (χ3v) is 5.79. The first-order chi connectivity index (χ1) is 17.3. The molecule has 0 bridgehead atoms. The van der Waals surface area contributed by atoms with Crippen molar-refractivity contribution >= 4 is 29.2 Å². The summed E-state index contributed by atoms with van der Waals surface area (Å²) in [6, 6.07) is 17.9. The third-order valence-electron chi connectivity index (χ3n) is 5.79. The molecule has 2 N–H and O–H groups in total. The summed E-state index contributed by atoms with van der Waals surface area (Å²) in [6.45, 7) is -0.596. The van der Waals surface area contributed by atoms with Gasteiger partial charge in [-0.05, 0) is 41.5 Å². The molecule has 1 saturated heterocycles. The first-order valence-electron chi connectivity index (χ1n) is 10.8. The lowest BCUT2D eigenvalue weighted by Gasteiger charge is -2.28. The molecule has 0 radical (unpaired) electrons. The number of methoxy groups -OCH3 is 2. The lowest BCUT2D eigenvalue weighted by atomic mass is 9.82. The minimum absolute atomic E-state index is 0.165. The van der Waals surface area contributed by atoms with Crippen molar-refractivity contribution in [3.8, 4) is 11.5 Å². The molecule has 0 unspecified atom stereocenters. The molecule has 184 valence electrons. The quantitative estimate of drug-likeness (QED) is 0.281. The largest absolute Gasteiger partial charge is 0.497 e. The van der Waals surface area contributed by atoms with E-state index >= 15 is 0 Å². The molecule has 1 fully saturated rings. The Balaban J connectivity index is 1.66. The van der Waals surface area contributed by atoms with Crippen molar-refractivity contribution in [2.75, 3.05) is 26.1 Å². The van der Waals surface area contributed by atoms with Crippen LogP contribution in [-0.2, 0) is 15.1 Å². The average molecular weight is 490 g/mol. The highest BCUT2D eigenvalue weighted by Gasteiger charge is 2.54. The Morgan fingerprint density at radius 2 is 1.53 bits per heavy atom. The first kappa shape index (κ1) is 24.2. The van der Waals surface area contributed by atoms with Crippen LogP contribution in [0.3, 0.4) is 0 Å². The van der Waals surface area contributed by atoms with Crippen LogP contribution in [0, 0.1) is 10.1 Å². The van der Waals surface area contributed by atoms with Crippen molar-refractivity contribution in [1.82, 2.24) is 10.2 Å². The number of urea groups is 1. The van der Waals surface area contributed by atoms with Crippen molar-refractivity contribution in [3.63, 3.8) is 0 Å². The average Bonchev–Trinajstić information content (AvgIpc) is 3.14. The van der Waals surface area contributed by atoms with Crippen molar-refractivity contribution < 1.29 is 28.8 Å². The molecule has 1 aliphatic rings. The molecule has 11 heteroatoms. The van der Waals surface area contributed by atoms with Crippen LogP contribution in [0.5, 0.6) is 11.5 Å². The van der Waals surface area contributed by atoms with Crippen LogP contribution in [0.25, 0.3) is 0 Å². The molecule has 3 aromatic carbocycles. The van der Waals surface area contributed by atoms with Crippen molar-refractivity contribution in [1.29, 1.82) is 0 Å². The number of carbonyl (C=O) groups excluding carboxylic acids is 3. The van der Waals surface area contributed by atoms with Crippen LogP contribution in [0.1, 0.15) is 11.1 Å². The molecule has 1 heterocycles. The van der Waals surface area contributed by atoms with E-state index < -0.39 is 34.9 Å². The lowest BCUT2D eigenvalue weighted by Crippen LogP contribution is -2.45. The number of nitrogens with zero attached hydrogens (tertiary/aromatic N) is 2. The van der Waals surface area contributed by atoms with Crippen molar-refractivity contribution in [3.05, 3.63) is 94.0 Å². The van der Waals surface area contributed by atoms with E-state index in [1.165, 1.54) is 38.5 Å². The summed E-state index contributed by atoms with van der Waals surface area (Å²) in [5, 5.41) is 16.2. The van der Waals surface area contributed by atoms with Crippen molar-refractivity contribution in [2.24, 2.45) is 0 Å². The first-order valence-corrected chi connectivity index (χ1v) is 10.8. The van der Waals surface area contributed by atoms with Gasteiger partial charge in [-0.2, -0.15) is 0 Å². The van der Waals surface area contributed by atoms with E-state index in [0.29, 0.717) is 22.6 Å². The summed E-state index contributed by atoms with van der Waals surface area (Å²) in [7, 11) is 3.02. The van der Waals surface area contributed by atoms with Gasteiger partial charge in [-0.15, -0.1) is 0 Å². The maximum absolute atomic E-state index is 13.8. The smallest absolute Gasteiger partial charge is 0.326 e. The number of amides is 4. The normalized spacial score (nSPS) is 14.2. The standard InChI is InChI=1S/C25H22N4O7/c1-35-20-10-6-16(7-11-20)25(17-8-12-21(36-2)13-9-17)23(31)28(24(32)27-25)15-22(30)26-18-4-3-5-19(14-18)29(33)34/h3-14H,15H2,1-2H3,(H,26,30)(H,27,32). The number of nitrogens with one attached hydrogen (secondary N) is 2.